The highest BCUT2D eigenvalue weighted by molar-refractivity contribution is 7.09. The summed E-state index contributed by atoms with van der Waals surface area (Å²) in [6.45, 7) is 9.10. The highest BCUT2D eigenvalue weighted by Crippen LogP contribution is 2.28. The Hall–Kier alpha value is -3.97. The molecule has 0 spiro atoms. The first-order chi connectivity index (χ1) is 21.2. The van der Waals surface area contributed by atoms with Crippen molar-refractivity contribution in [2.24, 2.45) is 0 Å². The molecule has 0 saturated carbocycles. The van der Waals surface area contributed by atoms with Crippen LogP contribution in [0.15, 0.2) is 78.2 Å². The number of aliphatic carboxylic acids is 1. The molecule has 0 saturated heterocycles. The van der Waals surface area contributed by atoms with Gasteiger partial charge in [0.1, 0.15) is 5.01 Å². The molecule has 0 unspecified atom stereocenters. The van der Waals surface area contributed by atoms with Gasteiger partial charge in [0.2, 0.25) is 0 Å². The molecule has 4 aromatic rings. The molecule has 0 aliphatic carbocycles. The fourth-order valence-corrected chi connectivity index (χ4v) is 6.37. The summed E-state index contributed by atoms with van der Waals surface area (Å²) in [4.78, 5) is 32.9. The molecule has 0 aliphatic heterocycles. The molecule has 1 heterocycles. The number of hydrogen-bond acceptors (Lipinski definition) is 6. The maximum atomic E-state index is 13.2. The molecule has 44 heavy (non-hydrogen) atoms. The van der Waals surface area contributed by atoms with Crippen LogP contribution in [0, 0.1) is 0 Å². The molecule has 0 aliphatic rings. The van der Waals surface area contributed by atoms with E-state index in [0.717, 1.165) is 29.1 Å². The van der Waals surface area contributed by atoms with Gasteiger partial charge in [-0.3, -0.25) is 4.79 Å². The molecule has 0 fully saturated rings. The SMILES string of the molecule is CCCC(CCC)c1ccc(CN(C)c2ccc(-c3csc(CN(CC(=O)[O-])C(=O)c4ccc(C(C)C)cc4)n3)cc2)cc1. The summed E-state index contributed by atoms with van der Waals surface area (Å²) in [6.07, 6.45) is 4.90. The van der Waals surface area contributed by atoms with E-state index in [1.54, 1.807) is 12.1 Å². The van der Waals surface area contributed by atoms with Gasteiger partial charge in [0.15, 0.2) is 0 Å². The Morgan fingerprint density at radius 2 is 1.45 bits per heavy atom. The summed E-state index contributed by atoms with van der Waals surface area (Å²) in [7, 11) is 2.10. The largest absolute Gasteiger partial charge is 0.548 e. The number of thiazole rings is 1. The lowest BCUT2D eigenvalue weighted by molar-refractivity contribution is -0.305. The Morgan fingerprint density at radius 1 is 0.841 bits per heavy atom. The van der Waals surface area contributed by atoms with Crippen LogP contribution in [0.25, 0.3) is 11.3 Å². The van der Waals surface area contributed by atoms with Crippen LogP contribution < -0.4 is 10.0 Å². The van der Waals surface area contributed by atoms with E-state index in [-0.39, 0.29) is 12.5 Å². The predicted octanol–water partition coefficient (Wildman–Crippen LogP) is 7.65. The van der Waals surface area contributed by atoms with E-state index in [2.05, 4.69) is 76.0 Å². The minimum Gasteiger partial charge on any atom is -0.548 e. The standard InChI is InChI=1S/C37H45N3O3S/c1-6-8-29(9-7-2)30-12-10-27(11-13-30)22-39(5)33-20-18-31(19-21-33)34-25-44-35(38-34)23-40(24-36(41)42)37(43)32-16-14-28(15-17-32)26(3)4/h10-21,25-26,29H,6-9,22-24H2,1-5H3,(H,41,42)/p-1. The van der Waals surface area contributed by atoms with E-state index >= 15 is 0 Å². The predicted molar refractivity (Wildman–Crippen MR) is 179 cm³/mol. The topological polar surface area (TPSA) is 76.6 Å². The van der Waals surface area contributed by atoms with Crippen LogP contribution in [0.1, 0.15) is 97.3 Å². The Kier molecular flexibility index (Phi) is 11.7. The first kappa shape index (κ1) is 32.9. The molecular formula is C37H44N3O3S-. The van der Waals surface area contributed by atoms with Gasteiger partial charge in [-0.2, -0.15) is 0 Å². The van der Waals surface area contributed by atoms with E-state index < -0.39 is 12.5 Å². The van der Waals surface area contributed by atoms with Crippen LogP contribution in [-0.4, -0.2) is 35.4 Å². The minimum absolute atomic E-state index is 0.0979. The molecule has 1 amide bonds. The van der Waals surface area contributed by atoms with Gasteiger partial charge in [0.25, 0.3) is 5.91 Å². The van der Waals surface area contributed by atoms with Gasteiger partial charge < -0.3 is 19.7 Å². The molecule has 6 nitrogen and oxygen atoms in total. The van der Waals surface area contributed by atoms with Gasteiger partial charge in [-0.05, 0) is 65.6 Å². The lowest BCUT2D eigenvalue weighted by Crippen LogP contribution is -2.41. The number of carboxylic acids is 1. The van der Waals surface area contributed by atoms with E-state index in [0.29, 0.717) is 22.4 Å². The van der Waals surface area contributed by atoms with Crippen molar-refractivity contribution in [1.29, 1.82) is 0 Å². The third-order valence-electron chi connectivity index (χ3n) is 8.06. The van der Waals surface area contributed by atoms with Crippen molar-refractivity contribution in [3.63, 3.8) is 0 Å². The average molecular weight is 611 g/mol. The average Bonchev–Trinajstić information content (AvgIpc) is 3.49. The highest BCUT2D eigenvalue weighted by atomic mass is 32.1. The van der Waals surface area contributed by atoms with Gasteiger partial charge >= 0.3 is 0 Å². The van der Waals surface area contributed by atoms with Crippen molar-refractivity contribution >= 4 is 28.9 Å². The molecule has 0 atom stereocenters. The van der Waals surface area contributed by atoms with Crippen LogP contribution in [0.4, 0.5) is 5.69 Å². The maximum absolute atomic E-state index is 13.2. The van der Waals surface area contributed by atoms with Gasteiger partial charge in [0.05, 0.1) is 24.8 Å². The Balaban J connectivity index is 1.40. The number of carbonyl (C=O) groups is 2. The van der Waals surface area contributed by atoms with Crippen LogP contribution in [0.2, 0.25) is 0 Å². The Bertz CT molecular complexity index is 1490. The summed E-state index contributed by atoms with van der Waals surface area (Å²) in [5.41, 5.74) is 7.16. The third-order valence-corrected chi connectivity index (χ3v) is 8.89. The summed E-state index contributed by atoms with van der Waals surface area (Å²) in [5, 5.41) is 14.1. The minimum atomic E-state index is -1.30. The molecule has 0 N–H and O–H groups in total. The van der Waals surface area contributed by atoms with Crippen LogP contribution >= 0.6 is 11.3 Å². The monoisotopic (exact) mass is 610 g/mol. The van der Waals surface area contributed by atoms with Gasteiger partial charge in [-0.15, -0.1) is 11.3 Å². The molecule has 232 valence electrons. The fourth-order valence-electron chi connectivity index (χ4n) is 5.55. The number of carboxylic acid groups (broad SMARTS) is 1. The first-order valence-corrected chi connectivity index (χ1v) is 16.5. The Morgan fingerprint density at radius 3 is 2.02 bits per heavy atom. The number of rotatable bonds is 15. The Labute approximate surface area is 266 Å². The molecular weight excluding hydrogens is 566 g/mol. The summed E-state index contributed by atoms with van der Waals surface area (Å²) >= 11 is 1.41. The number of hydrogen-bond donors (Lipinski definition) is 0. The number of nitrogens with zero attached hydrogens (tertiary/aromatic N) is 3. The number of amides is 1. The zero-order valence-electron chi connectivity index (χ0n) is 26.6. The molecule has 7 heteroatoms. The molecule has 4 rings (SSSR count). The van der Waals surface area contributed by atoms with Crippen LogP contribution in [0.3, 0.4) is 0 Å². The molecule has 3 aromatic carbocycles. The number of aromatic nitrogens is 1. The van der Waals surface area contributed by atoms with Crippen molar-refractivity contribution in [1.82, 2.24) is 9.88 Å². The third kappa shape index (κ3) is 8.79. The van der Waals surface area contributed by atoms with Crippen molar-refractivity contribution in [2.45, 2.75) is 78.3 Å². The van der Waals surface area contributed by atoms with Crippen LogP contribution in [-0.2, 0) is 17.9 Å². The highest BCUT2D eigenvalue weighted by Gasteiger charge is 2.19. The van der Waals surface area contributed by atoms with Crippen molar-refractivity contribution in [3.05, 3.63) is 105 Å². The number of carbonyl (C=O) groups excluding carboxylic acids is 2. The van der Waals surface area contributed by atoms with Crippen molar-refractivity contribution < 1.29 is 14.7 Å². The second kappa shape index (κ2) is 15.7. The van der Waals surface area contributed by atoms with E-state index in [9.17, 15) is 14.7 Å². The van der Waals surface area contributed by atoms with Crippen molar-refractivity contribution in [3.8, 4) is 11.3 Å². The van der Waals surface area contributed by atoms with E-state index in [1.807, 2.05) is 29.6 Å². The smallest absolute Gasteiger partial charge is 0.254 e. The lowest BCUT2D eigenvalue weighted by atomic mass is 9.90. The van der Waals surface area contributed by atoms with E-state index in [4.69, 9.17) is 4.98 Å². The van der Waals surface area contributed by atoms with Crippen LogP contribution in [0.5, 0.6) is 0 Å². The van der Waals surface area contributed by atoms with Gasteiger partial charge in [-0.1, -0.05) is 89.1 Å². The number of anilines is 1. The number of benzene rings is 3. The van der Waals surface area contributed by atoms with Gasteiger partial charge in [0, 0.05) is 35.8 Å². The lowest BCUT2D eigenvalue weighted by Gasteiger charge is -2.22. The molecule has 0 bridgehead atoms. The molecule has 1 aromatic heterocycles. The normalized spacial score (nSPS) is 11.2. The fraction of sp³-hybridized carbons (Fsp3) is 0.378. The summed E-state index contributed by atoms with van der Waals surface area (Å²) in [6, 6.07) is 24.7. The quantitative estimate of drug-likeness (QED) is 0.138. The van der Waals surface area contributed by atoms with Crippen molar-refractivity contribution in [2.75, 3.05) is 18.5 Å². The van der Waals surface area contributed by atoms with Gasteiger partial charge in [-0.25, -0.2) is 4.98 Å². The molecule has 0 radical (unpaired) electrons. The first-order valence-electron chi connectivity index (χ1n) is 15.6. The zero-order valence-corrected chi connectivity index (χ0v) is 27.4. The summed E-state index contributed by atoms with van der Waals surface area (Å²) in [5.74, 6) is -0.671. The second-order valence-corrected chi connectivity index (χ2v) is 12.8. The maximum Gasteiger partial charge on any atom is 0.254 e. The summed E-state index contributed by atoms with van der Waals surface area (Å²) < 4.78 is 0. The van der Waals surface area contributed by atoms with E-state index in [1.165, 1.54) is 53.0 Å². The second-order valence-electron chi connectivity index (χ2n) is 11.9. The zero-order chi connectivity index (χ0) is 31.6.